The van der Waals surface area contributed by atoms with Crippen molar-refractivity contribution in [1.82, 2.24) is 14.8 Å². The number of aromatic carboxylic acids is 1. The Bertz CT molecular complexity index is 431. The van der Waals surface area contributed by atoms with Crippen molar-refractivity contribution in [2.75, 3.05) is 46.4 Å². The summed E-state index contributed by atoms with van der Waals surface area (Å²) < 4.78 is 5.53. The number of hydrogen-bond acceptors (Lipinski definition) is 5. The lowest BCUT2D eigenvalue weighted by Gasteiger charge is -2.32. The van der Waals surface area contributed by atoms with Gasteiger partial charge in [-0.2, -0.15) is 0 Å². The highest BCUT2D eigenvalue weighted by atomic mass is 16.5. The minimum Gasteiger partial charge on any atom is -0.490 e. The van der Waals surface area contributed by atoms with Crippen LogP contribution >= 0.6 is 0 Å². The third kappa shape index (κ3) is 3.90. The van der Waals surface area contributed by atoms with Crippen LogP contribution in [-0.2, 0) is 0 Å². The molecule has 1 aliphatic heterocycles. The number of likely N-dealkylation sites (N-methyl/N-ethyl adjacent to an activating group) is 1. The summed E-state index contributed by atoms with van der Waals surface area (Å²) in [5, 5.41) is 8.98. The topological polar surface area (TPSA) is 65.9 Å². The number of aromatic nitrogens is 1. The van der Waals surface area contributed by atoms with Gasteiger partial charge in [0.05, 0.1) is 0 Å². The van der Waals surface area contributed by atoms with E-state index >= 15 is 0 Å². The van der Waals surface area contributed by atoms with Crippen LogP contribution in [0.3, 0.4) is 0 Å². The molecule has 0 aromatic carbocycles. The number of pyridine rings is 1. The third-order valence-corrected chi connectivity index (χ3v) is 3.23. The molecule has 104 valence electrons. The van der Waals surface area contributed by atoms with E-state index in [9.17, 15) is 4.79 Å². The van der Waals surface area contributed by atoms with Crippen molar-refractivity contribution in [3.8, 4) is 5.75 Å². The Labute approximate surface area is 112 Å². The van der Waals surface area contributed by atoms with E-state index in [1.54, 1.807) is 12.1 Å². The summed E-state index contributed by atoms with van der Waals surface area (Å²) in [6, 6.07) is 3.32. The molecule has 1 N–H and O–H groups in total. The maximum atomic E-state index is 11.0. The van der Waals surface area contributed by atoms with Gasteiger partial charge in [-0.15, -0.1) is 0 Å². The van der Waals surface area contributed by atoms with Gasteiger partial charge in [0.15, 0.2) is 11.4 Å². The van der Waals surface area contributed by atoms with Gasteiger partial charge in [-0.25, -0.2) is 9.78 Å². The molecule has 6 nitrogen and oxygen atoms in total. The van der Waals surface area contributed by atoms with E-state index in [0.29, 0.717) is 12.4 Å². The fourth-order valence-electron chi connectivity index (χ4n) is 2.02. The van der Waals surface area contributed by atoms with Crippen molar-refractivity contribution in [3.63, 3.8) is 0 Å². The Hall–Kier alpha value is -1.66. The SMILES string of the molecule is CN1CCN(CCOc2cccnc2C(=O)O)CC1. The molecule has 1 aromatic heterocycles. The molecule has 1 aromatic rings. The van der Waals surface area contributed by atoms with Crippen LogP contribution in [0, 0.1) is 0 Å². The molecule has 1 fully saturated rings. The van der Waals surface area contributed by atoms with Crippen LogP contribution in [0.25, 0.3) is 0 Å². The molecule has 6 heteroatoms. The molecule has 2 heterocycles. The van der Waals surface area contributed by atoms with Gasteiger partial charge < -0.3 is 14.7 Å². The smallest absolute Gasteiger partial charge is 0.358 e. The van der Waals surface area contributed by atoms with Gasteiger partial charge in [-0.05, 0) is 19.2 Å². The number of carbonyl (C=O) groups is 1. The van der Waals surface area contributed by atoms with Crippen LogP contribution < -0.4 is 4.74 Å². The summed E-state index contributed by atoms with van der Waals surface area (Å²) in [6.07, 6.45) is 1.46. The van der Waals surface area contributed by atoms with E-state index in [0.717, 1.165) is 32.7 Å². The molecule has 0 spiro atoms. The van der Waals surface area contributed by atoms with Crippen molar-refractivity contribution in [1.29, 1.82) is 0 Å². The second-order valence-corrected chi connectivity index (χ2v) is 4.65. The van der Waals surface area contributed by atoms with Crippen LogP contribution in [0.1, 0.15) is 10.5 Å². The highest BCUT2D eigenvalue weighted by molar-refractivity contribution is 5.88. The molecule has 0 aliphatic carbocycles. The van der Waals surface area contributed by atoms with Gasteiger partial charge in [-0.3, -0.25) is 4.90 Å². The Morgan fingerprint density at radius 2 is 2.16 bits per heavy atom. The van der Waals surface area contributed by atoms with E-state index in [4.69, 9.17) is 9.84 Å². The Morgan fingerprint density at radius 3 is 2.84 bits per heavy atom. The fourth-order valence-corrected chi connectivity index (χ4v) is 2.02. The van der Waals surface area contributed by atoms with Crippen molar-refractivity contribution >= 4 is 5.97 Å². The van der Waals surface area contributed by atoms with Crippen LogP contribution in [0.2, 0.25) is 0 Å². The lowest BCUT2D eigenvalue weighted by atomic mass is 10.3. The molecule has 0 radical (unpaired) electrons. The lowest BCUT2D eigenvalue weighted by Crippen LogP contribution is -2.45. The Kier molecular flexibility index (Phi) is 4.70. The quantitative estimate of drug-likeness (QED) is 0.831. The predicted octanol–water partition coefficient (Wildman–Crippen LogP) is 0.406. The van der Waals surface area contributed by atoms with Gasteiger partial charge in [0, 0.05) is 38.9 Å². The molecule has 0 saturated carbocycles. The minimum absolute atomic E-state index is 0.0270. The number of carboxylic acid groups (broad SMARTS) is 1. The van der Waals surface area contributed by atoms with E-state index in [1.165, 1.54) is 6.20 Å². The van der Waals surface area contributed by atoms with Gasteiger partial charge in [0.1, 0.15) is 6.61 Å². The van der Waals surface area contributed by atoms with Gasteiger partial charge in [0.25, 0.3) is 0 Å². The van der Waals surface area contributed by atoms with Crippen LogP contribution in [0.15, 0.2) is 18.3 Å². The minimum atomic E-state index is -1.06. The number of piperazine rings is 1. The second-order valence-electron chi connectivity index (χ2n) is 4.65. The van der Waals surface area contributed by atoms with Crippen molar-refractivity contribution < 1.29 is 14.6 Å². The summed E-state index contributed by atoms with van der Waals surface area (Å²) in [4.78, 5) is 19.4. The number of ether oxygens (including phenoxy) is 1. The zero-order chi connectivity index (χ0) is 13.7. The first-order valence-electron chi connectivity index (χ1n) is 6.39. The first-order valence-corrected chi connectivity index (χ1v) is 6.39. The zero-order valence-electron chi connectivity index (χ0n) is 11.1. The van der Waals surface area contributed by atoms with Crippen LogP contribution in [0.5, 0.6) is 5.75 Å². The molecule has 0 bridgehead atoms. The molecule has 0 atom stereocenters. The van der Waals surface area contributed by atoms with Crippen molar-refractivity contribution in [2.24, 2.45) is 0 Å². The maximum absolute atomic E-state index is 11.0. The van der Waals surface area contributed by atoms with E-state index in [1.807, 2.05) is 0 Å². The number of carboxylic acids is 1. The maximum Gasteiger partial charge on any atom is 0.358 e. The number of hydrogen-bond donors (Lipinski definition) is 1. The average Bonchev–Trinajstić information content (AvgIpc) is 2.41. The zero-order valence-corrected chi connectivity index (χ0v) is 11.1. The summed E-state index contributed by atoms with van der Waals surface area (Å²) in [6.45, 7) is 5.47. The lowest BCUT2D eigenvalue weighted by molar-refractivity contribution is 0.0683. The highest BCUT2D eigenvalue weighted by Crippen LogP contribution is 2.15. The average molecular weight is 265 g/mol. The Morgan fingerprint density at radius 1 is 1.42 bits per heavy atom. The number of rotatable bonds is 5. The standard InChI is InChI=1S/C13H19N3O3/c1-15-5-7-16(8-6-15)9-10-19-11-3-2-4-14-12(11)13(17)18/h2-4H,5-10H2,1H3,(H,17,18). The first kappa shape index (κ1) is 13.8. The summed E-state index contributed by atoms with van der Waals surface area (Å²) in [7, 11) is 2.11. The molecular weight excluding hydrogens is 246 g/mol. The third-order valence-electron chi connectivity index (χ3n) is 3.23. The Balaban J connectivity index is 1.81. The summed E-state index contributed by atoms with van der Waals surface area (Å²) >= 11 is 0. The molecule has 0 amide bonds. The fraction of sp³-hybridized carbons (Fsp3) is 0.538. The highest BCUT2D eigenvalue weighted by Gasteiger charge is 2.15. The largest absolute Gasteiger partial charge is 0.490 e. The number of nitrogens with zero attached hydrogens (tertiary/aromatic N) is 3. The molecule has 2 rings (SSSR count). The second kappa shape index (κ2) is 6.49. The van der Waals surface area contributed by atoms with Crippen molar-refractivity contribution in [3.05, 3.63) is 24.0 Å². The summed E-state index contributed by atoms with van der Waals surface area (Å²) in [5.41, 5.74) is -0.0270. The van der Waals surface area contributed by atoms with Gasteiger partial charge in [0.2, 0.25) is 0 Å². The predicted molar refractivity (Wildman–Crippen MR) is 70.6 cm³/mol. The molecular formula is C13H19N3O3. The van der Waals surface area contributed by atoms with E-state index in [2.05, 4.69) is 21.8 Å². The first-order chi connectivity index (χ1) is 9.16. The van der Waals surface area contributed by atoms with Gasteiger partial charge >= 0.3 is 5.97 Å². The van der Waals surface area contributed by atoms with Crippen molar-refractivity contribution in [2.45, 2.75) is 0 Å². The normalized spacial score (nSPS) is 17.3. The van der Waals surface area contributed by atoms with Crippen LogP contribution in [0.4, 0.5) is 0 Å². The summed E-state index contributed by atoms with van der Waals surface area (Å²) in [5.74, 6) is -0.723. The molecule has 1 aliphatic rings. The van der Waals surface area contributed by atoms with Gasteiger partial charge in [-0.1, -0.05) is 0 Å². The molecule has 19 heavy (non-hydrogen) atoms. The van der Waals surface area contributed by atoms with E-state index < -0.39 is 5.97 Å². The van der Waals surface area contributed by atoms with Crippen LogP contribution in [-0.4, -0.2) is 72.2 Å². The monoisotopic (exact) mass is 265 g/mol. The van der Waals surface area contributed by atoms with E-state index in [-0.39, 0.29) is 5.69 Å². The molecule has 1 saturated heterocycles. The molecule has 0 unspecified atom stereocenters.